The van der Waals surface area contributed by atoms with Crippen LogP contribution in [0, 0.1) is 13.8 Å². The molecule has 1 aromatic heterocycles. The summed E-state index contributed by atoms with van der Waals surface area (Å²) in [5, 5.41) is 10.3. The van der Waals surface area contributed by atoms with Gasteiger partial charge in [-0.2, -0.15) is 5.10 Å². The number of aromatic nitrogens is 2. The number of nitrogens with one attached hydrogen (secondary N) is 2. The average Bonchev–Trinajstić information content (AvgIpc) is 2.92. The second-order valence-corrected chi connectivity index (χ2v) is 7.49. The molecule has 0 aliphatic rings. The summed E-state index contributed by atoms with van der Waals surface area (Å²) in [5.74, 6) is -0.613. The first-order valence-electron chi connectivity index (χ1n) is 8.91. The number of halogens is 2. The Morgan fingerprint density at radius 3 is 2.34 bits per heavy atom. The number of carbonyl (C=O) groups is 2. The van der Waals surface area contributed by atoms with Gasteiger partial charge in [-0.25, -0.2) is 4.68 Å². The van der Waals surface area contributed by atoms with Gasteiger partial charge in [-0.05, 0) is 37.6 Å². The van der Waals surface area contributed by atoms with Crippen molar-refractivity contribution in [3.05, 3.63) is 75.0 Å². The smallest absolute Gasteiger partial charge is 0.260 e. The molecule has 2 amide bonds. The summed E-state index contributed by atoms with van der Waals surface area (Å²) in [6.07, 6.45) is 0. The number of hydrogen-bond acceptors (Lipinski definition) is 3. The largest absolute Gasteiger partial charge is 0.326 e. The van der Waals surface area contributed by atoms with Crippen LogP contribution < -0.4 is 10.6 Å². The summed E-state index contributed by atoms with van der Waals surface area (Å²) in [6, 6.07) is 12.9. The average molecular weight is 431 g/mol. The molecule has 29 heavy (non-hydrogen) atoms. The van der Waals surface area contributed by atoms with Crippen molar-refractivity contribution in [3.63, 3.8) is 0 Å². The first kappa shape index (κ1) is 20.9. The summed E-state index contributed by atoms with van der Waals surface area (Å²) in [4.78, 5) is 24.0. The van der Waals surface area contributed by atoms with Crippen LogP contribution in [-0.2, 0) is 11.3 Å². The molecule has 0 atom stereocenters. The van der Waals surface area contributed by atoms with Crippen LogP contribution in [0.4, 0.5) is 11.4 Å². The summed E-state index contributed by atoms with van der Waals surface area (Å²) >= 11 is 12.7. The lowest BCUT2D eigenvalue weighted by atomic mass is 10.1. The molecule has 0 saturated carbocycles. The minimum atomic E-state index is -0.406. The quantitative estimate of drug-likeness (QED) is 0.593. The van der Waals surface area contributed by atoms with Gasteiger partial charge in [0.25, 0.3) is 5.91 Å². The highest BCUT2D eigenvalue weighted by Gasteiger charge is 2.21. The highest BCUT2D eigenvalue weighted by molar-refractivity contribution is 6.35. The van der Waals surface area contributed by atoms with Crippen molar-refractivity contribution in [2.45, 2.75) is 27.3 Å². The number of anilines is 2. The van der Waals surface area contributed by atoms with Crippen LogP contribution in [0.25, 0.3) is 0 Å². The molecule has 0 unspecified atom stereocenters. The van der Waals surface area contributed by atoms with E-state index in [-0.39, 0.29) is 11.1 Å². The molecule has 3 aromatic rings. The second kappa shape index (κ2) is 8.68. The molecular weight excluding hydrogens is 411 g/mol. The van der Waals surface area contributed by atoms with Crippen molar-refractivity contribution >= 4 is 46.4 Å². The van der Waals surface area contributed by atoms with Crippen LogP contribution >= 0.6 is 23.2 Å². The number of benzene rings is 2. The standard InChI is InChI=1S/C21H20Cl2N4O2/c1-12-4-6-15(7-5-12)11-27-20(23)19(13(2)26-27)21(29)25-18-9-8-16(10-17(18)22)24-14(3)28/h4-10H,11H2,1-3H3,(H,24,28)(H,25,29). The Kier molecular flexibility index (Phi) is 6.25. The Bertz CT molecular complexity index is 1080. The van der Waals surface area contributed by atoms with E-state index < -0.39 is 5.91 Å². The van der Waals surface area contributed by atoms with Crippen molar-refractivity contribution in [1.82, 2.24) is 9.78 Å². The number of hydrogen-bond donors (Lipinski definition) is 2. The van der Waals surface area contributed by atoms with Crippen molar-refractivity contribution in [1.29, 1.82) is 0 Å². The molecule has 8 heteroatoms. The van der Waals surface area contributed by atoms with E-state index in [1.165, 1.54) is 6.92 Å². The first-order chi connectivity index (χ1) is 13.7. The van der Waals surface area contributed by atoms with Crippen LogP contribution in [-0.4, -0.2) is 21.6 Å². The van der Waals surface area contributed by atoms with Gasteiger partial charge in [0.1, 0.15) is 5.15 Å². The molecule has 1 heterocycles. The maximum atomic E-state index is 12.8. The Balaban J connectivity index is 1.80. The maximum Gasteiger partial charge on any atom is 0.260 e. The van der Waals surface area contributed by atoms with Gasteiger partial charge in [-0.1, -0.05) is 53.0 Å². The third-order valence-corrected chi connectivity index (χ3v) is 4.98. The molecule has 0 bridgehead atoms. The zero-order valence-corrected chi connectivity index (χ0v) is 17.7. The zero-order valence-electron chi connectivity index (χ0n) is 16.2. The van der Waals surface area contributed by atoms with E-state index in [4.69, 9.17) is 23.2 Å². The molecule has 150 valence electrons. The number of aryl methyl sites for hydroxylation is 2. The number of nitrogens with zero attached hydrogens (tertiary/aromatic N) is 2. The van der Waals surface area contributed by atoms with E-state index in [0.29, 0.717) is 34.2 Å². The molecule has 0 aliphatic heterocycles. The van der Waals surface area contributed by atoms with Gasteiger partial charge in [0.15, 0.2) is 0 Å². The van der Waals surface area contributed by atoms with Gasteiger partial charge in [-0.3, -0.25) is 9.59 Å². The molecule has 0 spiro atoms. The molecule has 0 saturated heterocycles. The number of rotatable bonds is 5. The SMILES string of the molecule is CC(=O)Nc1ccc(NC(=O)c2c(C)nn(Cc3ccc(C)cc3)c2Cl)c(Cl)c1. The molecule has 6 nitrogen and oxygen atoms in total. The van der Waals surface area contributed by atoms with E-state index in [1.54, 1.807) is 29.8 Å². The van der Waals surface area contributed by atoms with E-state index in [9.17, 15) is 9.59 Å². The fourth-order valence-electron chi connectivity index (χ4n) is 2.86. The lowest BCUT2D eigenvalue weighted by Crippen LogP contribution is -2.14. The molecule has 3 rings (SSSR count). The summed E-state index contributed by atoms with van der Waals surface area (Å²) in [5.41, 5.74) is 3.96. The van der Waals surface area contributed by atoms with E-state index in [1.807, 2.05) is 31.2 Å². The van der Waals surface area contributed by atoms with Crippen LogP contribution in [0.3, 0.4) is 0 Å². The van der Waals surface area contributed by atoms with Gasteiger partial charge in [-0.15, -0.1) is 0 Å². The molecule has 0 radical (unpaired) electrons. The maximum absolute atomic E-state index is 12.8. The zero-order chi connectivity index (χ0) is 21.1. The van der Waals surface area contributed by atoms with Crippen LogP contribution in [0.5, 0.6) is 0 Å². The van der Waals surface area contributed by atoms with E-state index in [2.05, 4.69) is 15.7 Å². The predicted molar refractivity (Wildman–Crippen MR) is 116 cm³/mol. The van der Waals surface area contributed by atoms with Crippen LogP contribution in [0.15, 0.2) is 42.5 Å². The Hall–Kier alpha value is -2.83. The fourth-order valence-corrected chi connectivity index (χ4v) is 3.41. The first-order valence-corrected chi connectivity index (χ1v) is 9.67. The third kappa shape index (κ3) is 4.96. The van der Waals surface area contributed by atoms with Crippen molar-refractivity contribution in [2.75, 3.05) is 10.6 Å². The lowest BCUT2D eigenvalue weighted by molar-refractivity contribution is -0.114. The summed E-state index contributed by atoms with van der Waals surface area (Å²) in [6.45, 7) is 5.61. The predicted octanol–water partition coefficient (Wildman–Crippen LogP) is 5.07. The highest BCUT2D eigenvalue weighted by Crippen LogP contribution is 2.28. The van der Waals surface area contributed by atoms with Gasteiger partial charge in [0.05, 0.1) is 28.5 Å². The minimum absolute atomic E-state index is 0.207. The van der Waals surface area contributed by atoms with Crippen molar-refractivity contribution in [2.24, 2.45) is 0 Å². The van der Waals surface area contributed by atoms with E-state index >= 15 is 0 Å². The topological polar surface area (TPSA) is 76.0 Å². The van der Waals surface area contributed by atoms with Crippen molar-refractivity contribution < 1.29 is 9.59 Å². The van der Waals surface area contributed by atoms with E-state index in [0.717, 1.165) is 11.1 Å². The van der Waals surface area contributed by atoms with Gasteiger partial charge in [0, 0.05) is 12.6 Å². The Morgan fingerprint density at radius 2 is 1.72 bits per heavy atom. The second-order valence-electron chi connectivity index (χ2n) is 6.72. The van der Waals surface area contributed by atoms with Crippen LogP contribution in [0.2, 0.25) is 10.2 Å². The summed E-state index contributed by atoms with van der Waals surface area (Å²) in [7, 11) is 0. The number of amides is 2. The van der Waals surface area contributed by atoms with Crippen LogP contribution in [0.1, 0.15) is 34.1 Å². The molecule has 2 aromatic carbocycles. The molecule has 2 N–H and O–H groups in total. The highest BCUT2D eigenvalue weighted by atomic mass is 35.5. The number of carbonyl (C=O) groups excluding carboxylic acids is 2. The van der Waals surface area contributed by atoms with Gasteiger partial charge < -0.3 is 10.6 Å². The summed E-state index contributed by atoms with van der Waals surface area (Å²) < 4.78 is 1.60. The monoisotopic (exact) mass is 430 g/mol. The minimum Gasteiger partial charge on any atom is -0.326 e. The van der Waals surface area contributed by atoms with Crippen molar-refractivity contribution in [3.8, 4) is 0 Å². The fraction of sp³-hybridized carbons (Fsp3) is 0.190. The molecular formula is C21H20Cl2N4O2. The normalized spacial score (nSPS) is 10.7. The molecule has 0 fully saturated rings. The molecule has 0 aliphatic carbocycles. The Labute approximate surface area is 178 Å². The van der Waals surface area contributed by atoms with Gasteiger partial charge >= 0.3 is 0 Å². The Morgan fingerprint density at radius 1 is 1.03 bits per heavy atom. The van der Waals surface area contributed by atoms with Gasteiger partial charge in [0.2, 0.25) is 5.91 Å². The third-order valence-electron chi connectivity index (χ3n) is 4.28. The lowest BCUT2D eigenvalue weighted by Gasteiger charge is -2.09.